The fourth-order valence-electron chi connectivity index (χ4n) is 1.34. The molecule has 1 rings (SSSR count). The minimum absolute atomic E-state index is 0.0816. The number of nitrogens with two attached hydrogens (primary N) is 1. The first kappa shape index (κ1) is 13.4. The second-order valence-electron chi connectivity index (χ2n) is 3.67. The predicted octanol–water partition coefficient (Wildman–Crippen LogP) is -0.775. The van der Waals surface area contributed by atoms with E-state index >= 15 is 0 Å². The Morgan fingerprint density at radius 1 is 1.75 bits per heavy atom. The van der Waals surface area contributed by atoms with Gasteiger partial charge in [-0.1, -0.05) is 0 Å². The van der Waals surface area contributed by atoms with Crippen LogP contribution in [-0.2, 0) is 13.7 Å². The highest BCUT2D eigenvalue weighted by atomic mass is 31.2. The largest absolute Gasteiger partial charge is 0.493 e. The van der Waals surface area contributed by atoms with Crippen molar-refractivity contribution in [3.63, 3.8) is 0 Å². The van der Waals surface area contributed by atoms with Crippen LogP contribution >= 0.6 is 7.82 Å². The van der Waals surface area contributed by atoms with Gasteiger partial charge < -0.3 is 15.5 Å². The topological polar surface area (TPSA) is 101 Å². The first-order valence-corrected chi connectivity index (χ1v) is 6.17. The Morgan fingerprint density at radius 3 is 2.88 bits per heavy atom. The van der Waals surface area contributed by atoms with Gasteiger partial charge in [0.1, 0.15) is 0 Å². The third-order valence-corrected chi connectivity index (χ3v) is 2.86. The summed E-state index contributed by atoms with van der Waals surface area (Å²) in [6.45, 7) is 1.03. The molecule has 0 spiro atoms. The van der Waals surface area contributed by atoms with Crippen LogP contribution in [0.25, 0.3) is 0 Å². The third kappa shape index (κ3) is 3.43. The Balaban J connectivity index is 2.67. The summed E-state index contributed by atoms with van der Waals surface area (Å²) < 4.78 is 20.4. The number of hydrogen-bond donors (Lipinski definition) is 2. The van der Waals surface area contributed by atoms with Crippen molar-refractivity contribution in [3.05, 3.63) is 0 Å². The lowest BCUT2D eigenvalue weighted by molar-refractivity contribution is -0.0466. The molecule has 94 valence electrons. The summed E-state index contributed by atoms with van der Waals surface area (Å²) in [5.74, 6) is 0.0816. The van der Waals surface area contributed by atoms with Gasteiger partial charge in [0.25, 0.3) is 0 Å². The summed E-state index contributed by atoms with van der Waals surface area (Å²) in [6.07, 6.45) is 0. The van der Waals surface area contributed by atoms with E-state index in [4.69, 9.17) is 10.4 Å². The van der Waals surface area contributed by atoms with Gasteiger partial charge in [-0.3, -0.25) is 4.52 Å². The van der Waals surface area contributed by atoms with Crippen molar-refractivity contribution in [2.75, 3.05) is 34.3 Å². The number of nitrogens with zero attached hydrogens (tertiary/aromatic N) is 3. The Labute approximate surface area is 94.2 Å². The van der Waals surface area contributed by atoms with Gasteiger partial charge in [-0.25, -0.2) is 14.6 Å². The highest BCUT2D eigenvalue weighted by Crippen LogP contribution is 2.43. The van der Waals surface area contributed by atoms with Gasteiger partial charge in [0.05, 0.1) is 12.6 Å². The van der Waals surface area contributed by atoms with E-state index < -0.39 is 7.82 Å². The van der Waals surface area contributed by atoms with Gasteiger partial charge >= 0.3 is 7.82 Å². The monoisotopic (exact) mass is 252 g/mol. The van der Waals surface area contributed by atoms with Crippen LogP contribution in [0.2, 0.25) is 0 Å². The van der Waals surface area contributed by atoms with Crippen LogP contribution in [0.1, 0.15) is 0 Å². The summed E-state index contributed by atoms with van der Waals surface area (Å²) in [6, 6.07) is -0.189. The maximum Gasteiger partial charge on any atom is 0.493 e. The van der Waals surface area contributed by atoms with E-state index in [-0.39, 0.29) is 12.0 Å². The molecule has 16 heavy (non-hydrogen) atoms. The van der Waals surface area contributed by atoms with E-state index in [1.54, 1.807) is 0 Å². The molecular formula is C7H17N4O4P. The zero-order valence-electron chi connectivity index (χ0n) is 9.53. The van der Waals surface area contributed by atoms with Gasteiger partial charge in [-0.15, -0.1) is 0 Å². The summed E-state index contributed by atoms with van der Waals surface area (Å²) in [7, 11) is 0.747. The summed E-state index contributed by atoms with van der Waals surface area (Å²) in [4.78, 5) is 15.1. The normalized spacial score (nSPS) is 24.7. The first-order valence-electron chi connectivity index (χ1n) is 4.68. The molecule has 0 aromatic rings. The van der Waals surface area contributed by atoms with Crippen LogP contribution in [0.5, 0.6) is 0 Å². The number of likely N-dealkylation sites (N-methyl/N-ethyl adjacent to an activating group) is 1. The van der Waals surface area contributed by atoms with Crippen molar-refractivity contribution in [2.24, 2.45) is 10.7 Å². The molecule has 0 saturated heterocycles. The van der Waals surface area contributed by atoms with Crippen LogP contribution in [0.4, 0.5) is 0 Å². The number of rotatable bonds is 5. The van der Waals surface area contributed by atoms with Crippen LogP contribution in [0, 0.1) is 0 Å². The SMILES string of the molecule is COP(=O)(O)ON1C(N)=NCC1CN(C)C. The van der Waals surface area contributed by atoms with E-state index in [1.807, 2.05) is 19.0 Å². The number of hydroxylamine groups is 2. The average Bonchev–Trinajstić information content (AvgIpc) is 2.49. The van der Waals surface area contributed by atoms with E-state index in [0.717, 1.165) is 12.2 Å². The van der Waals surface area contributed by atoms with Crippen LogP contribution < -0.4 is 5.73 Å². The van der Waals surface area contributed by atoms with Crippen molar-refractivity contribution in [1.82, 2.24) is 9.96 Å². The zero-order chi connectivity index (χ0) is 12.3. The van der Waals surface area contributed by atoms with Crippen molar-refractivity contribution < 1.29 is 18.6 Å². The molecule has 0 aromatic carbocycles. The summed E-state index contributed by atoms with van der Waals surface area (Å²) in [5, 5.41) is 1.13. The van der Waals surface area contributed by atoms with Crippen LogP contribution in [0.15, 0.2) is 4.99 Å². The Bertz CT molecular complexity index is 322. The van der Waals surface area contributed by atoms with Gasteiger partial charge in [0.15, 0.2) is 0 Å². The molecule has 2 unspecified atom stereocenters. The molecule has 0 aromatic heterocycles. The number of guanidine groups is 1. The molecule has 2 atom stereocenters. The summed E-state index contributed by atoms with van der Waals surface area (Å²) in [5.41, 5.74) is 5.55. The van der Waals surface area contributed by atoms with E-state index in [2.05, 4.69) is 9.52 Å². The fourth-order valence-corrected chi connectivity index (χ4v) is 1.84. The molecular weight excluding hydrogens is 235 g/mol. The molecule has 3 N–H and O–H groups in total. The number of hydrogen-bond acceptors (Lipinski definition) is 7. The minimum atomic E-state index is -4.09. The van der Waals surface area contributed by atoms with Crippen LogP contribution in [-0.4, -0.2) is 61.2 Å². The molecule has 1 aliphatic heterocycles. The Kier molecular flexibility index (Phi) is 4.28. The maximum atomic E-state index is 11.3. The molecule has 0 aliphatic carbocycles. The van der Waals surface area contributed by atoms with Crippen molar-refractivity contribution in [3.8, 4) is 0 Å². The Hall–Kier alpha value is -0.660. The number of phosphoric acid groups is 1. The highest BCUT2D eigenvalue weighted by Gasteiger charge is 2.34. The smallest absolute Gasteiger partial charge is 0.368 e. The van der Waals surface area contributed by atoms with Crippen molar-refractivity contribution >= 4 is 13.8 Å². The van der Waals surface area contributed by atoms with E-state index in [1.165, 1.54) is 0 Å². The molecule has 1 aliphatic rings. The summed E-state index contributed by atoms with van der Waals surface area (Å²) >= 11 is 0. The highest BCUT2D eigenvalue weighted by molar-refractivity contribution is 7.47. The van der Waals surface area contributed by atoms with Gasteiger partial charge in [-0.2, -0.15) is 4.62 Å². The van der Waals surface area contributed by atoms with E-state index in [0.29, 0.717) is 13.1 Å². The lowest BCUT2D eigenvalue weighted by Crippen LogP contribution is -2.44. The average molecular weight is 252 g/mol. The fraction of sp³-hybridized carbons (Fsp3) is 0.857. The molecule has 1 heterocycles. The third-order valence-electron chi connectivity index (χ3n) is 2.02. The molecule has 0 radical (unpaired) electrons. The lowest BCUT2D eigenvalue weighted by atomic mass is 10.3. The van der Waals surface area contributed by atoms with Gasteiger partial charge in [0, 0.05) is 13.7 Å². The van der Waals surface area contributed by atoms with Crippen LogP contribution in [0.3, 0.4) is 0 Å². The molecule has 0 fully saturated rings. The molecule has 9 heteroatoms. The second-order valence-corrected chi connectivity index (χ2v) is 5.14. The molecule has 0 amide bonds. The standard InChI is InChI=1S/C7H17N4O4P/c1-10(2)5-6-4-9-7(8)11(6)15-16(12,13)14-3/h6H,4-5H2,1-3H3,(H2,8,9)(H,12,13). The Morgan fingerprint density at radius 2 is 2.38 bits per heavy atom. The van der Waals surface area contributed by atoms with Crippen molar-refractivity contribution in [2.45, 2.75) is 6.04 Å². The predicted molar refractivity (Wildman–Crippen MR) is 58.6 cm³/mol. The quantitative estimate of drug-likeness (QED) is 0.619. The van der Waals surface area contributed by atoms with Gasteiger partial charge in [0.2, 0.25) is 5.96 Å². The van der Waals surface area contributed by atoms with E-state index in [9.17, 15) is 9.46 Å². The van der Waals surface area contributed by atoms with Gasteiger partial charge in [-0.05, 0) is 14.1 Å². The molecule has 0 bridgehead atoms. The molecule has 8 nitrogen and oxygen atoms in total. The first-order chi connectivity index (χ1) is 7.35. The number of aliphatic imine (C=N–C) groups is 1. The zero-order valence-corrected chi connectivity index (χ0v) is 10.4. The lowest BCUT2D eigenvalue weighted by Gasteiger charge is -2.27. The minimum Gasteiger partial charge on any atom is -0.368 e. The molecule has 0 saturated carbocycles. The number of phosphoric ester groups is 1. The second kappa shape index (κ2) is 5.11. The van der Waals surface area contributed by atoms with Crippen molar-refractivity contribution in [1.29, 1.82) is 0 Å². The maximum absolute atomic E-state index is 11.3.